The fourth-order valence-electron chi connectivity index (χ4n) is 2.63. The van der Waals surface area contributed by atoms with Gasteiger partial charge in [-0.15, -0.1) is 0 Å². The predicted molar refractivity (Wildman–Crippen MR) is 86.8 cm³/mol. The molecule has 1 heterocycles. The number of hydrogen-bond acceptors (Lipinski definition) is 3. The van der Waals surface area contributed by atoms with Gasteiger partial charge in [-0.1, -0.05) is 24.3 Å². The van der Waals surface area contributed by atoms with Gasteiger partial charge in [0.1, 0.15) is 5.52 Å². The molecule has 0 N–H and O–H groups in total. The molecule has 0 radical (unpaired) electrons. The number of alkyl halides is 3. The van der Waals surface area contributed by atoms with Crippen molar-refractivity contribution in [3.8, 4) is 0 Å². The molecule has 128 valence electrons. The summed E-state index contributed by atoms with van der Waals surface area (Å²) in [5, 5.41) is 0. The number of nitrogens with zero attached hydrogens (tertiary/aromatic N) is 3. The number of hydrogen-bond donors (Lipinski definition) is 0. The number of fused-ring (bicyclic) bond motifs is 1. The van der Waals surface area contributed by atoms with Crippen molar-refractivity contribution in [2.24, 2.45) is 0 Å². The van der Waals surface area contributed by atoms with Crippen LogP contribution in [0.2, 0.25) is 0 Å². The molecule has 0 saturated carbocycles. The maximum Gasteiger partial charge on any atom is 0.416 e. The quantitative estimate of drug-likeness (QED) is 0.723. The van der Waals surface area contributed by atoms with Crippen LogP contribution in [0.4, 0.5) is 13.2 Å². The van der Waals surface area contributed by atoms with Crippen LogP contribution in [0.15, 0.2) is 54.9 Å². The van der Waals surface area contributed by atoms with Gasteiger partial charge in [0.25, 0.3) is 5.91 Å². The van der Waals surface area contributed by atoms with E-state index >= 15 is 0 Å². The average Bonchev–Trinajstić information content (AvgIpc) is 2.60. The summed E-state index contributed by atoms with van der Waals surface area (Å²) in [4.78, 5) is 22.2. The second-order valence-corrected chi connectivity index (χ2v) is 5.55. The molecular weight excluding hydrogens is 331 g/mol. The van der Waals surface area contributed by atoms with E-state index in [9.17, 15) is 18.0 Å². The number of para-hydroxylation sites is 1. The zero-order chi connectivity index (χ0) is 18.0. The lowest BCUT2D eigenvalue weighted by Gasteiger charge is -2.20. The molecule has 7 heteroatoms. The molecule has 2 aromatic carbocycles. The number of halogens is 3. The van der Waals surface area contributed by atoms with Gasteiger partial charge in [0, 0.05) is 26.0 Å². The third-order valence-electron chi connectivity index (χ3n) is 3.81. The first-order chi connectivity index (χ1) is 11.9. The molecule has 0 atom stereocenters. The Morgan fingerprint density at radius 3 is 2.52 bits per heavy atom. The summed E-state index contributed by atoms with van der Waals surface area (Å²) in [5.41, 5.74) is 0.575. The van der Waals surface area contributed by atoms with Crippen molar-refractivity contribution in [3.05, 3.63) is 71.5 Å². The average molecular weight is 345 g/mol. The number of amides is 1. The van der Waals surface area contributed by atoms with Gasteiger partial charge in [-0.25, -0.2) is 0 Å². The highest BCUT2D eigenvalue weighted by atomic mass is 19.4. The first kappa shape index (κ1) is 16.9. The molecule has 0 aliphatic carbocycles. The number of rotatable bonds is 3. The van der Waals surface area contributed by atoms with Crippen molar-refractivity contribution in [1.82, 2.24) is 14.9 Å². The summed E-state index contributed by atoms with van der Waals surface area (Å²) in [5.74, 6) is -0.414. The van der Waals surface area contributed by atoms with Gasteiger partial charge in [-0.05, 0) is 23.8 Å². The van der Waals surface area contributed by atoms with Crippen molar-refractivity contribution in [1.29, 1.82) is 0 Å². The van der Waals surface area contributed by atoms with Gasteiger partial charge in [-0.3, -0.25) is 14.8 Å². The largest absolute Gasteiger partial charge is 0.416 e. The molecule has 4 nitrogen and oxygen atoms in total. The van der Waals surface area contributed by atoms with E-state index in [0.717, 1.165) is 6.07 Å². The van der Waals surface area contributed by atoms with Gasteiger partial charge in [-0.2, -0.15) is 13.2 Å². The molecule has 0 aliphatic heterocycles. The molecule has 0 bridgehead atoms. The smallest absolute Gasteiger partial charge is 0.337 e. The number of carbonyl (C=O) groups excluding carboxylic acids is 1. The molecule has 0 unspecified atom stereocenters. The number of carbonyl (C=O) groups is 1. The third kappa shape index (κ3) is 3.45. The van der Waals surface area contributed by atoms with Crippen LogP contribution in [0.1, 0.15) is 21.5 Å². The summed E-state index contributed by atoms with van der Waals surface area (Å²) in [6, 6.07) is 10.2. The fourth-order valence-corrected chi connectivity index (χ4v) is 2.63. The zero-order valence-corrected chi connectivity index (χ0v) is 13.3. The molecule has 1 amide bonds. The number of aromatic nitrogens is 2. The Hall–Kier alpha value is -2.96. The van der Waals surface area contributed by atoms with E-state index in [1.165, 1.54) is 42.5 Å². The lowest BCUT2D eigenvalue weighted by atomic mass is 10.1. The second-order valence-electron chi connectivity index (χ2n) is 5.55. The van der Waals surface area contributed by atoms with E-state index in [1.54, 1.807) is 18.2 Å². The standard InChI is InChI=1S/C18H14F3N3O/c1-24(11-12-5-2-3-7-14(12)18(19,20)21)17(25)13-6-4-8-15-16(13)23-10-9-22-15/h2-10H,11H2,1H3. The lowest BCUT2D eigenvalue weighted by Crippen LogP contribution is -2.27. The Morgan fingerprint density at radius 2 is 1.76 bits per heavy atom. The van der Waals surface area contributed by atoms with Crippen LogP contribution >= 0.6 is 0 Å². The molecule has 3 aromatic rings. The van der Waals surface area contributed by atoms with E-state index < -0.39 is 17.6 Å². The van der Waals surface area contributed by atoms with Gasteiger partial charge in [0.05, 0.1) is 16.6 Å². The normalized spacial score (nSPS) is 11.5. The summed E-state index contributed by atoms with van der Waals surface area (Å²) in [6.07, 6.45) is -1.48. The van der Waals surface area contributed by atoms with Crippen LogP contribution < -0.4 is 0 Å². The van der Waals surface area contributed by atoms with E-state index in [0.29, 0.717) is 16.6 Å². The molecule has 0 fully saturated rings. The van der Waals surface area contributed by atoms with Crippen molar-refractivity contribution in [3.63, 3.8) is 0 Å². The van der Waals surface area contributed by atoms with Crippen molar-refractivity contribution < 1.29 is 18.0 Å². The zero-order valence-electron chi connectivity index (χ0n) is 13.3. The van der Waals surface area contributed by atoms with E-state index in [2.05, 4.69) is 9.97 Å². The first-order valence-corrected chi connectivity index (χ1v) is 7.48. The SMILES string of the molecule is CN(Cc1ccccc1C(F)(F)F)C(=O)c1cccc2nccnc12. The Morgan fingerprint density at radius 1 is 1.04 bits per heavy atom. The minimum atomic E-state index is -4.47. The van der Waals surface area contributed by atoms with Crippen molar-refractivity contribution in [2.45, 2.75) is 12.7 Å². The van der Waals surface area contributed by atoms with Crippen LogP contribution in [-0.4, -0.2) is 27.8 Å². The minimum absolute atomic E-state index is 0.0390. The Labute approximate surface area is 141 Å². The highest BCUT2D eigenvalue weighted by Crippen LogP contribution is 2.32. The van der Waals surface area contributed by atoms with Gasteiger partial charge in [0.2, 0.25) is 0 Å². The Bertz CT molecular complexity index is 919. The summed E-state index contributed by atoms with van der Waals surface area (Å²) in [7, 11) is 1.46. The minimum Gasteiger partial charge on any atom is -0.337 e. The fraction of sp³-hybridized carbons (Fsp3) is 0.167. The molecule has 0 saturated heterocycles. The van der Waals surface area contributed by atoms with Gasteiger partial charge >= 0.3 is 6.18 Å². The first-order valence-electron chi connectivity index (χ1n) is 7.48. The van der Waals surface area contributed by atoms with Crippen LogP contribution in [0.5, 0.6) is 0 Å². The van der Waals surface area contributed by atoms with Crippen LogP contribution in [0.25, 0.3) is 11.0 Å². The lowest BCUT2D eigenvalue weighted by molar-refractivity contribution is -0.138. The monoisotopic (exact) mass is 345 g/mol. The van der Waals surface area contributed by atoms with E-state index in [4.69, 9.17) is 0 Å². The van der Waals surface area contributed by atoms with Crippen LogP contribution in [-0.2, 0) is 12.7 Å². The Kier molecular flexibility index (Phi) is 4.39. The topological polar surface area (TPSA) is 46.1 Å². The summed E-state index contributed by atoms with van der Waals surface area (Å²) in [6.45, 7) is -0.162. The van der Waals surface area contributed by atoms with Crippen LogP contribution in [0, 0.1) is 0 Å². The van der Waals surface area contributed by atoms with E-state index in [-0.39, 0.29) is 12.1 Å². The third-order valence-corrected chi connectivity index (χ3v) is 3.81. The summed E-state index contributed by atoms with van der Waals surface area (Å²) >= 11 is 0. The number of benzene rings is 2. The highest BCUT2D eigenvalue weighted by Gasteiger charge is 2.33. The Balaban J connectivity index is 1.92. The molecule has 25 heavy (non-hydrogen) atoms. The highest BCUT2D eigenvalue weighted by molar-refractivity contribution is 6.04. The molecule has 0 spiro atoms. The van der Waals surface area contributed by atoms with Crippen molar-refractivity contribution in [2.75, 3.05) is 7.05 Å². The van der Waals surface area contributed by atoms with Gasteiger partial charge < -0.3 is 4.90 Å². The van der Waals surface area contributed by atoms with E-state index in [1.807, 2.05) is 0 Å². The van der Waals surface area contributed by atoms with Crippen molar-refractivity contribution >= 4 is 16.9 Å². The maximum absolute atomic E-state index is 13.1. The molecule has 1 aromatic heterocycles. The second kappa shape index (κ2) is 6.51. The predicted octanol–water partition coefficient (Wildman–Crippen LogP) is 3.92. The molecule has 0 aliphatic rings. The maximum atomic E-state index is 13.1. The van der Waals surface area contributed by atoms with Gasteiger partial charge in [0.15, 0.2) is 0 Å². The molecule has 3 rings (SSSR count). The van der Waals surface area contributed by atoms with Crippen LogP contribution in [0.3, 0.4) is 0 Å². The summed E-state index contributed by atoms with van der Waals surface area (Å²) < 4.78 is 39.3. The molecular formula is C18H14F3N3O.